The highest BCUT2D eigenvalue weighted by Gasteiger charge is 2.14. The maximum atomic E-state index is 10.9. The molecule has 3 aromatic carbocycles. The molecule has 0 bridgehead atoms. The Hall–Kier alpha value is -3.12. The summed E-state index contributed by atoms with van der Waals surface area (Å²) in [6.07, 6.45) is 0. The molecule has 0 atom stereocenters. The fraction of sp³-hybridized carbons (Fsp3) is 0.158. The third-order valence-corrected chi connectivity index (χ3v) is 4.16. The Bertz CT molecular complexity index is 940. The molecule has 0 aliphatic carbocycles. The van der Waals surface area contributed by atoms with Gasteiger partial charge in [0, 0.05) is 36.3 Å². The quantitative estimate of drug-likeness (QED) is 0.546. The monoisotopic (exact) mass is 338 g/mol. The minimum atomic E-state index is -0.487. The molecule has 6 nitrogen and oxygen atoms in total. The Balaban J connectivity index is 1.87. The molecule has 0 amide bonds. The summed E-state index contributed by atoms with van der Waals surface area (Å²) < 4.78 is 0. The van der Waals surface area contributed by atoms with Crippen LogP contribution in [0.1, 0.15) is 11.1 Å². The van der Waals surface area contributed by atoms with E-state index in [0.717, 1.165) is 16.3 Å². The third-order valence-electron chi connectivity index (χ3n) is 4.16. The van der Waals surface area contributed by atoms with E-state index in [1.54, 1.807) is 6.07 Å². The summed E-state index contributed by atoms with van der Waals surface area (Å²) in [7, 11) is 1.83. The molecule has 0 unspecified atom stereocenters. The Kier molecular flexibility index (Phi) is 4.54. The highest BCUT2D eigenvalue weighted by atomic mass is 16.6. The first-order chi connectivity index (χ1) is 12.0. The zero-order valence-electron chi connectivity index (χ0n) is 13.7. The van der Waals surface area contributed by atoms with E-state index in [4.69, 9.17) is 0 Å². The molecule has 0 spiro atoms. The van der Waals surface area contributed by atoms with Crippen molar-refractivity contribution in [1.82, 2.24) is 4.90 Å². The normalized spacial score (nSPS) is 11.1. The van der Waals surface area contributed by atoms with Gasteiger partial charge >= 0.3 is 0 Å². The first-order valence-corrected chi connectivity index (χ1v) is 7.80. The number of hydrogen-bond donors (Lipinski definition) is 2. The fourth-order valence-corrected chi connectivity index (χ4v) is 2.92. The number of non-ortho nitro benzene ring substituents is 1. The molecule has 0 radical (unpaired) electrons. The minimum Gasteiger partial charge on any atom is -0.508 e. The first kappa shape index (κ1) is 16.7. The largest absolute Gasteiger partial charge is 0.508 e. The van der Waals surface area contributed by atoms with Crippen molar-refractivity contribution in [2.45, 2.75) is 13.1 Å². The minimum absolute atomic E-state index is 0.0135. The van der Waals surface area contributed by atoms with Crippen LogP contribution in [0.5, 0.6) is 11.5 Å². The molecule has 6 heteroatoms. The molecule has 3 aromatic rings. The van der Waals surface area contributed by atoms with Gasteiger partial charge in [-0.1, -0.05) is 30.3 Å². The highest BCUT2D eigenvalue weighted by Crippen LogP contribution is 2.29. The zero-order chi connectivity index (χ0) is 18.0. The Morgan fingerprint density at radius 3 is 2.48 bits per heavy atom. The van der Waals surface area contributed by atoms with E-state index >= 15 is 0 Å². The average molecular weight is 338 g/mol. The molecule has 0 heterocycles. The summed E-state index contributed by atoms with van der Waals surface area (Å²) in [4.78, 5) is 12.3. The van der Waals surface area contributed by atoms with E-state index in [1.165, 1.54) is 18.2 Å². The van der Waals surface area contributed by atoms with Gasteiger partial charge in [-0.25, -0.2) is 0 Å². The molecule has 0 aliphatic heterocycles. The second-order valence-corrected chi connectivity index (χ2v) is 6.03. The van der Waals surface area contributed by atoms with Gasteiger partial charge in [0.05, 0.1) is 4.92 Å². The van der Waals surface area contributed by atoms with Crippen molar-refractivity contribution >= 4 is 16.5 Å². The lowest BCUT2D eigenvalue weighted by molar-refractivity contribution is -0.385. The number of hydrogen-bond acceptors (Lipinski definition) is 5. The van der Waals surface area contributed by atoms with Crippen LogP contribution in [-0.4, -0.2) is 27.1 Å². The fourth-order valence-electron chi connectivity index (χ4n) is 2.92. The lowest BCUT2D eigenvalue weighted by Gasteiger charge is -2.19. The van der Waals surface area contributed by atoms with Crippen LogP contribution in [0.3, 0.4) is 0 Å². The molecular weight excluding hydrogens is 320 g/mol. The van der Waals surface area contributed by atoms with E-state index in [1.807, 2.05) is 42.3 Å². The van der Waals surface area contributed by atoms with Crippen molar-refractivity contribution < 1.29 is 15.1 Å². The van der Waals surface area contributed by atoms with Crippen LogP contribution < -0.4 is 0 Å². The van der Waals surface area contributed by atoms with Crippen LogP contribution in [-0.2, 0) is 13.1 Å². The summed E-state index contributed by atoms with van der Waals surface area (Å²) in [6.45, 7) is 0.755. The molecule has 128 valence electrons. The number of phenolic OH excluding ortho intramolecular Hbond substituents is 2. The van der Waals surface area contributed by atoms with Gasteiger partial charge in [0.2, 0.25) is 0 Å². The van der Waals surface area contributed by atoms with E-state index in [-0.39, 0.29) is 17.2 Å². The summed E-state index contributed by atoms with van der Waals surface area (Å²) in [5.74, 6) is 0.216. The molecule has 25 heavy (non-hydrogen) atoms. The van der Waals surface area contributed by atoms with Gasteiger partial charge in [0.25, 0.3) is 5.69 Å². The van der Waals surface area contributed by atoms with E-state index in [9.17, 15) is 20.3 Å². The van der Waals surface area contributed by atoms with Crippen LogP contribution in [0.2, 0.25) is 0 Å². The van der Waals surface area contributed by atoms with Crippen LogP contribution in [0, 0.1) is 10.1 Å². The molecule has 3 rings (SSSR count). The van der Waals surface area contributed by atoms with Crippen molar-refractivity contribution in [2.75, 3.05) is 7.05 Å². The predicted molar refractivity (Wildman–Crippen MR) is 95.5 cm³/mol. The van der Waals surface area contributed by atoms with Crippen LogP contribution in [0.4, 0.5) is 5.69 Å². The number of nitro benzene ring substituents is 1. The van der Waals surface area contributed by atoms with Crippen molar-refractivity contribution in [3.8, 4) is 11.5 Å². The van der Waals surface area contributed by atoms with Crippen molar-refractivity contribution in [1.29, 1.82) is 0 Å². The highest BCUT2D eigenvalue weighted by molar-refractivity contribution is 5.87. The Labute approximate surface area is 144 Å². The van der Waals surface area contributed by atoms with Crippen LogP contribution in [0.15, 0.2) is 54.6 Å². The molecule has 0 aliphatic rings. The van der Waals surface area contributed by atoms with Gasteiger partial charge in [-0.15, -0.1) is 0 Å². The lowest BCUT2D eigenvalue weighted by atomic mass is 10.0. The summed E-state index contributed by atoms with van der Waals surface area (Å²) >= 11 is 0. The first-order valence-electron chi connectivity index (χ1n) is 7.80. The smallest absolute Gasteiger partial charge is 0.270 e. The summed E-state index contributed by atoms with van der Waals surface area (Å²) in [6, 6.07) is 15.3. The topological polar surface area (TPSA) is 86.8 Å². The van der Waals surface area contributed by atoms with Gasteiger partial charge in [-0.3, -0.25) is 15.0 Å². The lowest BCUT2D eigenvalue weighted by Crippen LogP contribution is -2.17. The Morgan fingerprint density at radius 1 is 1.00 bits per heavy atom. The number of aromatic hydroxyl groups is 2. The second-order valence-electron chi connectivity index (χ2n) is 6.03. The number of fused-ring (bicyclic) bond motifs is 1. The van der Waals surface area contributed by atoms with Crippen LogP contribution in [0.25, 0.3) is 10.8 Å². The van der Waals surface area contributed by atoms with Crippen molar-refractivity contribution in [3.05, 3.63) is 75.8 Å². The predicted octanol–water partition coefficient (Wildman–Crippen LogP) is 3.79. The maximum absolute atomic E-state index is 10.9. The molecule has 0 aromatic heterocycles. The summed E-state index contributed by atoms with van der Waals surface area (Å²) in [5.41, 5.74) is 1.19. The standard InChI is InChI=1S/C19H18N2O4/c1-20(11-14-10-15(21(24)25)7-9-18(14)22)12-17-16-5-3-2-4-13(16)6-8-19(17)23/h2-10,22-23H,11-12H2,1H3. The molecule has 0 saturated heterocycles. The number of nitro groups is 1. The van der Waals surface area contributed by atoms with Crippen molar-refractivity contribution in [3.63, 3.8) is 0 Å². The molecule has 0 saturated carbocycles. The second kappa shape index (κ2) is 6.78. The van der Waals surface area contributed by atoms with Gasteiger partial charge < -0.3 is 10.2 Å². The molecule has 0 fully saturated rings. The SMILES string of the molecule is CN(Cc1cc([N+](=O)[O-])ccc1O)Cc1c(O)ccc2ccccc12. The van der Waals surface area contributed by atoms with Crippen LogP contribution >= 0.6 is 0 Å². The number of phenols is 2. The number of rotatable bonds is 5. The van der Waals surface area contributed by atoms with Crippen molar-refractivity contribution in [2.24, 2.45) is 0 Å². The van der Waals surface area contributed by atoms with Gasteiger partial charge in [0.15, 0.2) is 0 Å². The van der Waals surface area contributed by atoms with E-state index in [0.29, 0.717) is 18.7 Å². The molecule has 2 N–H and O–H groups in total. The van der Waals surface area contributed by atoms with E-state index < -0.39 is 4.92 Å². The average Bonchev–Trinajstić information content (AvgIpc) is 2.59. The van der Waals surface area contributed by atoms with Gasteiger partial charge in [-0.05, 0) is 30.0 Å². The van der Waals surface area contributed by atoms with Gasteiger partial charge in [0.1, 0.15) is 11.5 Å². The third kappa shape index (κ3) is 3.54. The Morgan fingerprint density at radius 2 is 1.72 bits per heavy atom. The summed E-state index contributed by atoms with van der Waals surface area (Å²) in [5, 5.41) is 33.1. The van der Waals surface area contributed by atoms with E-state index in [2.05, 4.69) is 0 Å². The van der Waals surface area contributed by atoms with Gasteiger partial charge in [-0.2, -0.15) is 0 Å². The molecular formula is C19H18N2O4. The number of nitrogens with zero attached hydrogens (tertiary/aromatic N) is 2. The number of benzene rings is 3. The zero-order valence-corrected chi connectivity index (χ0v) is 13.7. The maximum Gasteiger partial charge on any atom is 0.270 e.